The fourth-order valence-corrected chi connectivity index (χ4v) is 2.64. The molecule has 0 aliphatic rings. The molecule has 0 aliphatic heterocycles. The maximum atomic E-state index is 13.1. The Morgan fingerprint density at radius 2 is 2.12 bits per heavy atom. The van der Waals surface area contributed by atoms with Gasteiger partial charge in [0.05, 0.1) is 16.7 Å². The van der Waals surface area contributed by atoms with Crippen molar-refractivity contribution < 1.29 is 4.39 Å². The number of nitrogens with two attached hydrogens (primary N) is 1. The second kappa shape index (κ2) is 4.31. The van der Waals surface area contributed by atoms with E-state index in [2.05, 4.69) is 4.98 Å². The van der Waals surface area contributed by atoms with Gasteiger partial charge in [0.1, 0.15) is 5.82 Å². The molecule has 0 saturated carbocycles. The highest BCUT2D eigenvalue weighted by molar-refractivity contribution is 7.11. The van der Waals surface area contributed by atoms with Crippen LogP contribution >= 0.6 is 11.3 Å². The molecule has 4 heteroatoms. The maximum Gasteiger partial charge on any atom is 0.123 e. The third-order valence-electron chi connectivity index (χ3n) is 2.43. The van der Waals surface area contributed by atoms with E-state index in [1.54, 1.807) is 17.4 Å². The largest absolute Gasteiger partial charge is 0.320 e. The van der Waals surface area contributed by atoms with Crippen LogP contribution in [0.25, 0.3) is 0 Å². The molecule has 2 aromatic rings. The molecule has 1 aromatic carbocycles. The Morgan fingerprint density at radius 1 is 1.38 bits per heavy atom. The standard InChI is InChI=1S/C12H13FN2S/c1-7-12(16-8(2)15-7)11(14)9-4-3-5-10(13)6-9/h3-6,11H,14H2,1-2H3. The Kier molecular flexibility index (Phi) is 3.03. The van der Waals surface area contributed by atoms with E-state index in [1.807, 2.05) is 19.9 Å². The summed E-state index contributed by atoms with van der Waals surface area (Å²) in [6.45, 7) is 3.87. The van der Waals surface area contributed by atoms with Gasteiger partial charge in [-0.25, -0.2) is 9.37 Å². The number of thiazole rings is 1. The van der Waals surface area contributed by atoms with Crippen molar-refractivity contribution in [2.45, 2.75) is 19.9 Å². The minimum Gasteiger partial charge on any atom is -0.320 e. The van der Waals surface area contributed by atoms with Crippen molar-refractivity contribution in [1.29, 1.82) is 0 Å². The van der Waals surface area contributed by atoms with Gasteiger partial charge in [0.15, 0.2) is 0 Å². The quantitative estimate of drug-likeness (QED) is 0.870. The van der Waals surface area contributed by atoms with Crippen molar-refractivity contribution in [1.82, 2.24) is 4.98 Å². The smallest absolute Gasteiger partial charge is 0.123 e. The second-order valence-corrected chi connectivity index (χ2v) is 4.95. The Morgan fingerprint density at radius 3 is 2.69 bits per heavy atom. The lowest BCUT2D eigenvalue weighted by atomic mass is 10.1. The predicted octanol–water partition coefficient (Wildman–Crippen LogP) is 2.95. The highest BCUT2D eigenvalue weighted by Gasteiger charge is 2.15. The number of nitrogens with zero attached hydrogens (tertiary/aromatic N) is 1. The van der Waals surface area contributed by atoms with Crippen molar-refractivity contribution in [3.05, 3.63) is 51.2 Å². The van der Waals surface area contributed by atoms with Crippen molar-refractivity contribution in [3.63, 3.8) is 0 Å². The maximum absolute atomic E-state index is 13.1. The highest BCUT2D eigenvalue weighted by Crippen LogP contribution is 2.28. The van der Waals surface area contributed by atoms with Gasteiger partial charge in [-0.05, 0) is 31.5 Å². The van der Waals surface area contributed by atoms with E-state index in [0.29, 0.717) is 0 Å². The van der Waals surface area contributed by atoms with Crippen LogP contribution in [0.15, 0.2) is 24.3 Å². The summed E-state index contributed by atoms with van der Waals surface area (Å²) in [5.74, 6) is -0.258. The number of aromatic nitrogens is 1. The summed E-state index contributed by atoms with van der Waals surface area (Å²) in [4.78, 5) is 5.33. The summed E-state index contributed by atoms with van der Waals surface area (Å²) in [6.07, 6.45) is 0. The van der Waals surface area contributed by atoms with Gasteiger partial charge in [-0.15, -0.1) is 11.3 Å². The third kappa shape index (κ3) is 2.13. The molecule has 1 unspecified atom stereocenters. The van der Waals surface area contributed by atoms with Crippen LogP contribution in [0.5, 0.6) is 0 Å². The number of aryl methyl sites for hydroxylation is 2. The first-order valence-corrected chi connectivity index (χ1v) is 5.84. The van der Waals surface area contributed by atoms with E-state index in [4.69, 9.17) is 5.73 Å². The average molecular weight is 236 g/mol. The molecule has 1 heterocycles. The van der Waals surface area contributed by atoms with Gasteiger partial charge in [0.2, 0.25) is 0 Å². The van der Waals surface area contributed by atoms with E-state index in [0.717, 1.165) is 21.1 Å². The lowest BCUT2D eigenvalue weighted by Crippen LogP contribution is -2.11. The van der Waals surface area contributed by atoms with Crippen LogP contribution < -0.4 is 5.73 Å². The molecule has 84 valence electrons. The van der Waals surface area contributed by atoms with Gasteiger partial charge in [-0.2, -0.15) is 0 Å². The summed E-state index contributed by atoms with van der Waals surface area (Å²) in [6, 6.07) is 6.11. The fourth-order valence-electron chi connectivity index (χ4n) is 1.69. The van der Waals surface area contributed by atoms with Crippen molar-refractivity contribution >= 4 is 11.3 Å². The van der Waals surface area contributed by atoms with Crippen LogP contribution in [0.3, 0.4) is 0 Å². The number of hydrogen-bond donors (Lipinski definition) is 1. The van der Waals surface area contributed by atoms with Gasteiger partial charge in [-0.1, -0.05) is 12.1 Å². The number of rotatable bonds is 2. The summed E-state index contributed by atoms with van der Waals surface area (Å²) in [7, 11) is 0. The first kappa shape index (κ1) is 11.2. The monoisotopic (exact) mass is 236 g/mol. The zero-order valence-electron chi connectivity index (χ0n) is 9.20. The molecule has 1 aromatic heterocycles. The molecule has 1 atom stereocenters. The molecule has 16 heavy (non-hydrogen) atoms. The Balaban J connectivity index is 2.38. The molecule has 0 radical (unpaired) electrons. The van der Waals surface area contributed by atoms with Crippen LogP contribution in [0.1, 0.15) is 27.2 Å². The van der Waals surface area contributed by atoms with Crippen molar-refractivity contribution in [3.8, 4) is 0 Å². The summed E-state index contributed by atoms with van der Waals surface area (Å²) in [5.41, 5.74) is 7.82. The Bertz CT molecular complexity index is 507. The van der Waals surface area contributed by atoms with Crippen LogP contribution in [0, 0.1) is 19.7 Å². The molecule has 2 rings (SSSR count). The van der Waals surface area contributed by atoms with Crippen LogP contribution in [0.2, 0.25) is 0 Å². The second-order valence-electron chi connectivity index (χ2n) is 3.72. The summed E-state index contributed by atoms with van der Waals surface area (Å²) in [5, 5.41) is 0.986. The van der Waals surface area contributed by atoms with Crippen LogP contribution in [-0.2, 0) is 0 Å². The topological polar surface area (TPSA) is 38.9 Å². The lowest BCUT2D eigenvalue weighted by molar-refractivity contribution is 0.623. The molecule has 0 amide bonds. The molecule has 2 N–H and O–H groups in total. The minimum atomic E-state index is -0.290. The fraction of sp³-hybridized carbons (Fsp3) is 0.250. The lowest BCUT2D eigenvalue weighted by Gasteiger charge is -2.10. The predicted molar refractivity (Wildman–Crippen MR) is 64.0 cm³/mol. The molecular weight excluding hydrogens is 223 g/mol. The zero-order chi connectivity index (χ0) is 11.7. The number of hydrogen-bond acceptors (Lipinski definition) is 3. The summed E-state index contributed by atoms with van der Waals surface area (Å²) < 4.78 is 13.1. The molecule has 0 fully saturated rings. The van der Waals surface area contributed by atoms with Crippen LogP contribution in [-0.4, -0.2) is 4.98 Å². The SMILES string of the molecule is Cc1nc(C)c(C(N)c2cccc(F)c2)s1. The average Bonchev–Trinajstić information content (AvgIpc) is 2.57. The number of benzene rings is 1. The molecule has 0 spiro atoms. The molecule has 2 nitrogen and oxygen atoms in total. The molecular formula is C12H13FN2S. The van der Waals surface area contributed by atoms with Crippen LogP contribution in [0.4, 0.5) is 4.39 Å². The van der Waals surface area contributed by atoms with Gasteiger partial charge < -0.3 is 5.73 Å². The van der Waals surface area contributed by atoms with E-state index < -0.39 is 0 Å². The van der Waals surface area contributed by atoms with E-state index in [9.17, 15) is 4.39 Å². The van der Waals surface area contributed by atoms with Gasteiger partial charge in [-0.3, -0.25) is 0 Å². The summed E-state index contributed by atoms with van der Waals surface area (Å²) >= 11 is 1.56. The van der Waals surface area contributed by atoms with Crippen molar-refractivity contribution in [2.75, 3.05) is 0 Å². The third-order valence-corrected chi connectivity index (χ3v) is 3.59. The molecule has 0 bridgehead atoms. The van der Waals surface area contributed by atoms with Gasteiger partial charge in [0.25, 0.3) is 0 Å². The first-order chi connectivity index (χ1) is 7.58. The first-order valence-electron chi connectivity index (χ1n) is 5.03. The number of halogens is 1. The minimum absolute atomic E-state index is 0.258. The highest BCUT2D eigenvalue weighted by atomic mass is 32.1. The zero-order valence-corrected chi connectivity index (χ0v) is 10.0. The van der Waals surface area contributed by atoms with Gasteiger partial charge >= 0.3 is 0 Å². The van der Waals surface area contributed by atoms with Crippen molar-refractivity contribution in [2.24, 2.45) is 5.73 Å². The van der Waals surface area contributed by atoms with Gasteiger partial charge in [0, 0.05) is 4.88 Å². The van der Waals surface area contributed by atoms with E-state index >= 15 is 0 Å². The van der Waals surface area contributed by atoms with E-state index in [1.165, 1.54) is 12.1 Å². The van der Waals surface area contributed by atoms with E-state index in [-0.39, 0.29) is 11.9 Å². The molecule has 0 aliphatic carbocycles. The Hall–Kier alpha value is -1.26. The molecule has 0 saturated heterocycles. The normalized spacial score (nSPS) is 12.8. The Labute approximate surface area is 97.9 Å².